The second-order valence-corrected chi connectivity index (χ2v) is 6.79. The molecule has 2 aliphatic rings. The molecule has 1 aliphatic heterocycles. The number of piperidine rings is 1. The van der Waals surface area contributed by atoms with E-state index in [9.17, 15) is 4.79 Å². The Morgan fingerprint density at radius 2 is 1.90 bits per heavy atom. The Labute approximate surface area is 136 Å². The van der Waals surface area contributed by atoms with Crippen LogP contribution in [0.2, 0.25) is 0 Å². The van der Waals surface area contributed by atoms with Crippen molar-refractivity contribution in [1.29, 1.82) is 0 Å². The van der Waals surface area contributed by atoms with Crippen molar-refractivity contribution >= 4 is 29.7 Å². The third-order valence-electron chi connectivity index (χ3n) is 4.38. The molecule has 2 fully saturated rings. The minimum Gasteiger partial charge on any atom is -0.348 e. The van der Waals surface area contributed by atoms with Gasteiger partial charge in [0.2, 0.25) is 0 Å². The summed E-state index contributed by atoms with van der Waals surface area (Å²) in [5.41, 5.74) is 0.620. The van der Waals surface area contributed by atoms with Crippen LogP contribution < -0.4 is 10.6 Å². The summed E-state index contributed by atoms with van der Waals surface area (Å²) in [5, 5.41) is 9.58. The van der Waals surface area contributed by atoms with Crippen LogP contribution in [0.1, 0.15) is 66.4 Å². The lowest BCUT2D eigenvalue weighted by Crippen LogP contribution is -2.36. The first kappa shape index (κ1) is 16.7. The third-order valence-corrected chi connectivity index (χ3v) is 5.39. The molecule has 1 aromatic rings. The Kier molecular flexibility index (Phi) is 6.45. The van der Waals surface area contributed by atoms with E-state index >= 15 is 0 Å². The molecule has 118 valence electrons. The van der Waals surface area contributed by atoms with Gasteiger partial charge in [-0.2, -0.15) is 0 Å². The zero-order valence-corrected chi connectivity index (χ0v) is 13.9. The average molecular weight is 330 g/mol. The zero-order valence-electron chi connectivity index (χ0n) is 12.3. The van der Waals surface area contributed by atoms with E-state index in [0.717, 1.165) is 43.8 Å². The first-order valence-electron chi connectivity index (χ1n) is 7.80. The van der Waals surface area contributed by atoms with E-state index in [1.807, 2.05) is 5.38 Å². The normalized spacial score (nSPS) is 20.8. The van der Waals surface area contributed by atoms with Crippen molar-refractivity contribution in [1.82, 2.24) is 15.6 Å². The predicted octanol–water partition coefficient (Wildman–Crippen LogP) is 3.09. The highest BCUT2D eigenvalue weighted by Crippen LogP contribution is 2.28. The summed E-state index contributed by atoms with van der Waals surface area (Å²) >= 11 is 1.65. The fraction of sp³-hybridized carbons (Fsp3) is 0.733. The quantitative estimate of drug-likeness (QED) is 0.896. The smallest absolute Gasteiger partial charge is 0.270 e. The second-order valence-electron chi connectivity index (χ2n) is 5.90. The molecule has 0 spiro atoms. The number of carbonyl (C=O) groups excluding carboxylic acids is 1. The maximum absolute atomic E-state index is 12.2. The fourth-order valence-electron chi connectivity index (χ4n) is 3.15. The largest absolute Gasteiger partial charge is 0.348 e. The number of carbonyl (C=O) groups is 1. The first-order chi connectivity index (χ1) is 9.83. The van der Waals surface area contributed by atoms with E-state index in [0.29, 0.717) is 17.7 Å². The molecule has 0 radical (unpaired) electrons. The van der Waals surface area contributed by atoms with Crippen LogP contribution in [0.15, 0.2) is 5.38 Å². The van der Waals surface area contributed by atoms with Crippen LogP contribution in [-0.4, -0.2) is 30.0 Å². The SMILES string of the molecule is Cl.O=C(NC1CCCCC1)c1csc(C2CCNCC2)n1. The molecule has 0 aromatic carbocycles. The van der Waals surface area contributed by atoms with E-state index in [1.54, 1.807) is 11.3 Å². The number of hydrogen-bond donors (Lipinski definition) is 2. The summed E-state index contributed by atoms with van der Waals surface area (Å²) in [6, 6.07) is 0.361. The van der Waals surface area contributed by atoms with Crippen LogP contribution >= 0.6 is 23.7 Å². The molecule has 4 nitrogen and oxygen atoms in total. The second kappa shape index (κ2) is 8.11. The van der Waals surface area contributed by atoms with Crippen LogP contribution in [0.25, 0.3) is 0 Å². The molecule has 1 amide bonds. The Morgan fingerprint density at radius 1 is 1.19 bits per heavy atom. The number of nitrogens with zero attached hydrogens (tertiary/aromatic N) is 1. The number of hydrogen-bond acceptors (Lipinski definition) is 4. The average Bonchev–Trinajstić information content (AvgIpc) is 2.99. The Bertz CT molecular complexity index is 454. The summed E-state index contributed by atoms with van der Waals surface area (Å²) in [7, 11) is 0. The van der Waals surface area contributed by atoms with Crippen molar-refractivity contribution in [2.45, 2.75) is 56.9 Å². The number of thiazole rings is 1. The summed E-state index contributed by atoms with van der Waals surface area (Å²) in [4.78, 5) is 16.8. The highest BCUT2D eigenvalue weighted by Gasteiger charge is 2.22. The van der Waals surface area contributed by atoms with Crippen LogP contribution in [0, 0.1) is 0 Å². The minimum absolute atomic E-state index is 0. The Morgan fingerprint density at radius 3 is 2.62 bits per heavy atom. The molecule has 1 aliphatic carbocycles. The molecule has 0 unspecified atom stereocenters. The molecular formula is C15H24ClN3OS. The number of amides is 1. The van der Waals surface area contributed by atoms with E-state index in [4.69, 9.17) is 0 Å². The fourth-order valence-corrected chi connectivity index (χ4v) is 4.13. The monoisotopic (exact) mass is 329 g/mol. The van der Waals surface area contributed by atoms with Crippen molar-refractivity contribution in [3.63, 3.8) is 0 Å². The number of rotatable bonds is 3. The lowest BCUT2D eigenvalue weighted by Gasteiger charge is -2.22. The van der Waals surface area contributed by atoms with Crippen molar-refractivity contribution in [2.24, 2.45) is 0 Å². The van der Waals surface area contributed by atoms with Crippen LogP contribution in [0.3, 0.4) is 0 Å². The van der Waals surface area contributed by atoms with Crippen molar-refractivity contribution in [3.8, 4) is 0 Å². The summed E-state index contributed by atoms with van der Waals surface area (Å²) in [6.45, 7) is 2.13. The predicted molar refractivity (Wildman–Crippen MR) is 88.5 cm³/mol. The molecule has 2 heterocycles. The van der Waals surface area contributed by atoms with Crippen molar-refractivity contribution in [2.75, 3.05) is 13.1 Å². The molecule has 6 heteroatoms. The van der Waals surface area contributed by atoms with Gasteiger partial charge in [-0.1, -0.05) is 19.3 Å². The van der Waals surface area contributed by atoms with Gasteiger partial charge in [0.05, 0.1) is 5.01 Å². The van der Waals surface area contributed by atoms with E-state index in [1.165, 1.54) is 19.3 Å². The lowest BCUT2D eigenvalue weighted by atomic mass is 9.95. The first-order valence-corrected chi connectivity index (χ1v) is 8.68. The van der Waals surface area contributed by atoms with Crippen molar-refractivity contribution in [3.05, 3.63) is 16.1 Å². The van der Waals surface area contributed by atoms with E-state index in [-0.39, 0.29) is 18.3 Å². The maximum atomic E-state index is 12.2. The molecule has 2 N–H and O–H groups in total. The Hall–Kier alpha value is -0.650. The molecule has 1 saturated carbocycles. The molecule has 3 rings (SSSR count). The van der Waals surface area contributed by atoms with Crippen LogP contribution in [0.5, 0.6) is 0 Å². The molecule has 0 atom stereocenters. The molecule has 21 heavy (non-hydrogen) atoms. The molecule has 1 saturated heterocycles. The molecule has 0 bridgehead atoms. The summed E-state index contributed by atoms with van der Waals surface area (Å²) < 4.78 is 0. The maximum Gasteiger partial charge on any atom is 0.270 e. The topological polar surface area (TPSA) is 54.0 Å². The number of halogens is 1. The zero-order chi connectivity index (χ0) is 13.8. The van der Waals surface area contributed by atoms with Gasteiger partial charge < -0.3 is 10.6 Å². The summed E-state index contributed by atoms with van der Waals surface area (Å²) in [5.74, 6) is 0.561. The number of aromatic nitrogens is 1. The lowest BCUT2D eigenvalue weighted by molar-refractivity contribution is 0.0923. The van der Waals surface area contributed by atoms with Crippen LogP contribution in [-0.2, 0) is 0 Å². The highest BCUT2D eigenvalue weighted by atomic mass is 35.5. The van der Waals surface area contributed by atoms with Gasteiger partial charge in [0.25, 0.3) is 5.91 Å². The molecular weight excluding hydrogens is 306 g/mol. The van der Waals surface area contributed by atoms with Gasteiger partial charge in [0, 0.05) is 17.3 Å². The van der Waals surface area contributed by atoms with Gasteiger partial charge in [-0.3, -0.25) is 4.79 Å². The molecule has 1 aromatic heterocycles. The van der Waals surface area contributed by atoms with Gasteiger partial charge in [0.1, 0.15) is 5.69 Å². The summed E-state index contributed by atoms with van der Waals surface area (Å²) in [6.07, 6.45) is 8.30. The highest BCUT2D eigenvalue weighted by molar-refractivity contribution is 7.09. The van der Waals surface area contributed by atoms with E-state index < -0.39 is 0 Å². The van der Waals surface area contributed by atoms with Gasteiger partial charge in [-0.25, -0.2) is 4.98 Å². The third kappa shape index (κ3) is 4.41. The number of nitrogens with one attached hydrogen (secondary N) is 2. The van der Waals surface area contributed by atoms with Crippen LogP contribution in [0.4, 0.5) is 0 Å². The Balaban J connectivity index is 0.00000161. The minimum atomic E-state index is 0. The van der Waals surface area contributed by atoms with Gasteiger partial charge in [-0.15, -0.1) is 23.7 Å². The van der Waals surface area contributed by atoms with E-state index in [2.05, 4.69) is 15.6 Å². The van der Waals surface area contributed by atoms with Gasteiger partial charge in [-0.05, 0) is 38.8 Å². The standard InChI is InChI=1S/C15H23N3OS.ClH/c19-14(17-12-4-2-1-3-5-12)13-10-20-15(18-13)11-6-8-16-9-7-11;/h10-12,16H,1-9H2,(H,17,19);1H. The van der Waals surface area contributed by atoms with Crippen molar-refractivity contribution < 1.29 is 4.79 Å². The van der Waals surface area contributed by atoms with Gasteiger partial charge in [0.15, 0.2) is 0 Å². The van der Waals surface area contributed by atoms with Gasteiger partial charge >= 0.3 is 0 Å².